The summed E-state index contributed by atoms with van der Waals surface area (Å²) in [5.74, 6) is 0.922. The Morgan fingerprint density at radius 3 is 2.62 bits per heavy atom. The van der Waals surface area contributed by atoms with Gasteiger partial charge in [-0.1, -0.05) is 19.9 Å². The number of rotatable bonds is 7. The normalized spacial score (nSPS) is 10.9. The molecule has 0 spiro atoms. The number of hydrogen-bond acceptors (Lipinski definition) is 3. The number of nitrogens with zero attached hydrogens (tertiary/aromatic N) is 2. The van der Waals surface area contributed by atoms with E-state index >= 15 is 0 Å². The van der Waals surface area contributed by atoms with E-state index in [0.717, 1.165) is 37.4 Å². The average molecular weight is 287 g/mol. The Morgan fingerprint density at radius 1 is 1.19 bits per heavy atom. The molecule has 0 radical (unpaired) electrons. The van der Waals surface area contributed by atoms with Gasteiger partial charge >= 0.3 is 0 Å². The highest BCUT2D eigenvalue weighted by molar-refractivity contribution is 5.37. The van der Waals surface area contributed by atoms with Crippen LogP contribution in [0.25, 0.3) is 0 Å². The molecule has 1 N–H and O–H groups in total. The zero-order chi connectivity index (χ0) is 15.2. The maximum absolute atomic E-state index is 5.50. The first-order valence-electron chi connectivity index (χ1n) is 7.57. The van der Waals surface area contributed by atoms with Crippen molar-refractivity contribution in [3.8, 4) is 5.75 Å². The lowest BCUT2D eigenvalue weighted by Crippen LogP contribution is -2.09. The van der Waals surface area contributed by atoms with Crippen LogP contribution in [0.1, 0.15) is 36.4 Å². The van der Waals surface area contributed by atoms with Crippen LogP contribution < -0.4 is 10.1 Å². The number of aryl methyl sites for hydroxylation is 2. The topological polar surface area (TPSA) is 39.1 Å². The third kappa shape index (κ3) is 3.64. The van der Waals surface area contributed by atoms with Gasteiger partial charge in [0.05, 0.1) is 19.3 Å². The number of nitrogens with one attached hydrogen (secondary N) is 1. The van der Waals surface area contributed by atoms with Gasteiger partial charge in [-0.2, -0.15) is 5.10 Å². The Labute approximate surface area is 127 Å². The summed E-state index contributed by atoms with van der Waals surface area (Å²) in [6.45, 7) is 5.92. The summed E-state index contributed by atoms with van der Waals surface area (Å²) in [7, 11) is 3.68. The van der Waals surface area contributed by atoms with E-state index in [1.54, 1.807) is 7.11 Å². The Morgan fingerprint density at radius 2 is 2.00 bits per heavy atom. The molecule has 0 aliphatic rings. The van der Waals surface area contributed by atoms with Crippen LogP contribution in [-0.4, -0.2) is 23.9 Å². The molecule has 114 valence electrons. The van der Waals surface area contributed by atoms with Gasteiger partial charge in [0.15, 0.2) is 0 Å². The van der Waals surface area contributed by atoms with Gasteiger partial charge in [-0.05, 0) is 43.7 Å². The van der Waals surface area contributed by atoms with Crippen molar-refractivity contribution in [1.82, 2.24) is 15.1 Å². The third-order valence-electron chi connectivity index (χ3n) is 3.68. The van der Waals surface area contributed by atoms with Crippen molar-refractivity contribution >= 4 is 0 Å². The first kappa shape index (κ1) is 15.6. The molecule has 0 amide bonds. The smallest absolute Gasteiger partial charge is 0.123 e. The predicted molar refractivity (Wildman–Crippen MR) is 85.8 cm³/mol. The number of hydrogen-bond donors (Lipinski definition) is 1. The molecule has 0 fully saturated rings. The highest BCUT2D eigenvalue weighted by Gasteiger charge is 2.10. The summed E-state index contributed by atoms with van der Waals surface area (Å²) in [5.41, 5.74) is 4.85. The summed E-state index contributed by atoms with van der Waals surface area (Å²) >= 11 is 0. The third-order valence-corrected chi connectivity index (χ3v) is 3.68. The molecule has 0 aliphatic carbocycles. The number of aromatic nitrogens is 2. The molecular weight excluding hydrogens is 262 g/mol. The second kappa shape index (κ2) is 7.27. The number of ether oxygens (including phenoxy) is 1. The van der Waals surface area contributed by atoms with E-state index in [1.165, 1.54) is 16.8 Å². The van der Waals surface area contributed by atoms with Gasteiger partial charge in [0.2, 0.25) is 0 Å². The van der Waals surface area contributed by atoms with E-state index in [2.05, 4.69) is 42.0 Å². The van der Waals surface area contributed by atoms with Crippen LogP contribution in [0.3, 0.4) is 0 Å². The van der Waals surface area contributed by atoms with Gasteiger partial charge in [0.25, 0.3) is 0 Å². The van der Waals surface area contributed by atoms with Crippen LogP contribution in [0.4, 0.5) is 0 Å². The molecule has 2 aromatic rings. The fourth-order valence-electron chi connectivity index (χ4n) is 2.54. The average Bonchev–Trinajstić information content (AvgIpc) is 2.90. The highest BCUT2D eigenvalue weighted by atomic mass is 16.5. The molecule has 0 bridgehead atoms. The van der Waals surface area contributed by atoms with Gasteiger partial charge in [-0.25, -0.2) is 0 Å². The zero-order valence-electron chi connectivity index (χ0n) is 13.4. The van der Waals surface area contributed by atoms with Crippen molar-refractivity contribution in [2.24, 2.45) is 0 Å². The fraction of sp³-hybridized carbons (Fsp3) is 0.471. The Kier molecular flexibility index (Phi) is 5.39. The van der Waals surface area contributed by atoms with E-state index in [0.29, 0.717) is 0 Å². The predicted octanol–water partition coefficient (Wildman–Crippen LogP) is 2.78. The lowest BCUT2D eigenvalue weighted by atomic mass is 10.1. The van der Waals surface area contributed by atoms with Crippen molar-refractivity contribution in [3.05, 3.63) is 46.8 Å². The van der Waals surface area contributed by atoms with Crippen molar-refractivity contribution < 1.29 is 4.74 Å². The van der Waals surface area contributed by atoms with Crippen molar-refractivity contribution in [2.45, 2.75) is 39.8 Å². The molecule has 0 atom stereocenters. The lowest BCUT2D eigenvalue weighted by Gasteiger charge is -2.12. The minimum absolute atomic E-state index is 0.754. The van der Waals surface area contributed by atoms with Gasteiger partial charge in [0, 0.05) is 17.8 Å². The molecule has 0 unspecified atom stereocenters. The van der Waals surface area contributed by atoms with E-state index in [9.17, 15) is 0 Å². The van der Waals surface area contributed by atoms with Gasteiger partial charge in [-0.15, -0.1) is 0 Å². The summed E-state index contributed by atoms with van der Waals surface area (Å²) in [6, 6.07) is 8.53. The SMILES string of the molecule is CCc1cc(CC)n(Cc2cc(CNC)ccc2OC)n1. The van der Waals surface area contributed by atoms with Crippen molar-refractivity contribution in [2.75, 3.05) is 14.2 Å². The Bertz CT molecular complexity index is 590. The second-order valence-electron chi connectivity index (χ2n) is 5.17. The molecule has 1 aromatic heterocycles. The quantitative estimate of drug-likeness (QED) is 0.851. The van der Waals surface area contributed by atoms with Crippen LogP contribution in [0.15, 0.2) is 24.3 Å². The summed E-state index contributed by atoms with van der Waals surface area (Å²) in [5, 5.41) is 7.88. The maximum Gasteiger partial charge on any atom is 0.123 e. The first-order valence-corrected chi connectivity index (χ1v) is 7.57. The Hall–Kier alpha value is -1.81. The van der Waals surface area contributed by atoms with E-state index in [-0.39, 0.29) is 0 Å². The van der Waals surface area contributed by atoms with Crippen LogP contribution in [0, 0.1) is 0 Å². The van der Waals surface area contributed by atoms with Crippen LogP contribution >= 0.6 is 0 Å². The van der Waals surface area contributed by atoms with Crippen LogP contribution in [-0.2, 0) is 25.9 Å². The van der Waals surface area contributed by atoms with E-state index in [1.807, 2.05) is 13.1 Å². The number of methoxy groups -OCH3 is 1. The molecule has 1 heterocycles. The van der Waals surface area contributed by atoms with E-state index in [4.69, 9.17) is 9.84 Å². The Balaban J connectivity index is 2.32. The monoisotopic (exact) mass is 287 g/mol. The maximum atomic E-state index is 5.50. The summed E-state index contributed by atoms with van der Waals surface area (Å²) in [4.78, 5) is 0. The van der Waals surface area contributed by atoms with Gasteiger partial charge in [-0.3, -0.25) is 4.68 Å². The van der Waals surface area contributed by atoms with Crippen LogP contribution in [0.2, 0.25) is 0 Å². The number of benzene rings is 1. The largest absolute Gasteiger partial charge is 0.496 e. The van der Waals surface area contributed by atoms with Crippen molar-refractivity contribution in [1.29, 1.82) is 0 Å². The van der Waals surface area contributed by atoms with Gasteiger partial charge < -0.3 is 10.1 Å². The summed E-state index contributed by atoms with van der Waals surface area (Å²) < 4.78 is 7.59. The molecule has 0 saturated heterocycles. The van der Waals surface area contributed by atoms with Crippen molar-refractivity contribution in [3.63, 3.8) is 0 Å². The zero-order valence-corrected chi connectivity index (χ0v) is 13.4. The molecule has 0 saturated carbocycles. The molecule has 2 rings (SSSR count). The lowest BCUT2D eigenvalue weighted by molar-refractivity contribution is 0.406. The minimum Gasteiger partial charge on any atom is -0.496 e. The highest BCUT2D eigenvalue weighted by Crippen LogP contribution is 2.22. The van der Waals surface area contributed by atoms with E-state index < -0.39 is 0 Å². The molecule has 1 aromatic carbocycles. The molecule has 21 heavy (non-hydrogen) atoms. The standard InChI is InChI=1S/C17H25N3O/c1-5-15-10-16(6-2)20(19-15)12-14-9-13(11-18-3)7-8-17(14)21-4/h7-10,18H,5-6,11-12H2,1-4H3. The van der Waals surface area contributed by atoms with Crippen LogP contribution in [0.5, 0.6) is 5.75 Å². The fourth-order valence-corrected chi connectivity index (χ4v) is 2.54. The second-order valence-corrected chi connectivity index (χ2v) is 5.17. The molecule has 4 nitrogen and oxygen atoms in total. The molecule has 4 heteroatoms. The molecular formula is C17H25N3O. The first-order chi connectivity index (χ1) is 10.2. The minimum atomic E-state index is 0.754. The summed E-state index contributed by atoms with van der Waals surface area (Å²) in [6.07, 6.45) is 1.96. The molecule has 0 aliphatic heterocycles. The van der Waals surface area contributed by atoms with Gasteiger partial charge in [0.1, 0.15) is 5.75 Å².